The summed E-state index contributed by atoms with van der Waals surface area (Å²) in [5.41, 5.74) is 4.58. The summed E-state index contributed by atoms with van der Waals surface area (Å²) < 4.78 is 25.0. The van der Waals surface area contributed by atoms with Crippen molar-refractivity contribution in [2.75, 3.05) is 31.1 Å². The van der Waals surface area contributed by atoms with E-state index in [0.29, 0.717) is 0 Å². The van der Waals surface area contributed by atoms with E-state index in [0.717, 1.165) is 68.1 Å². The number of rotatable bonds is 5. The lowest BCUT2D eigenvalue weighted by atomic mass is 9.99. The van der Waals surface area contributed by atoms with Crippen molar-refractivity contribution in [1.82, 2.24) is 15.3 Å². The highest BCUT2D eigenvalue weighted by Gasteiger charge is 2.30. The van der Waals surface area contributed by atoms with Crippen LogP contribution < -0.4 is 10.2 Å². The van der Waals surface area contributed by atoms with Crippen molar-refractivity contribution in [3.63, 3.8) is 0 Å². The molecule has 0 spiro atoms. The van der Waals surface area contributed by atoms with E-state index in [1.165, 1.54) is 36.1 Å². The van der Waals surface area contributed by atoms with Crippen LogP contribution in [0.4, 0.5) is 14.6 Å². The van der Waals surface area contributed by atoms with Gasteiger partial charge in [0.25, 0.3) is 0 Å². The van der Waals surface area contributed by atoms with Gasteiger partial charge in [-0.25, -0.2) is 18.7 Å². The Labute approximate surface area is 178 Å². The minimum atomic E-state index is -0.492. The number of nitrogens with one attached hydrogen (secondary N) is 1. The third kappa shape index (κ3) is 5.85. The van der Waals surface area contributed by atoms with Gasteiger partial charge in [0, 0.05) is 37.8 Å². The summed E-state index contributed by atoms with van der Waals surface area (Å²) in [6.07, 6.45) is 8.23. The highest BCUT2D eigenvalue weighted by molar-refractivity contribution is 5.78. The number of allylic oxidation sites excluding steroid dienone is 2. The molecular formula is C24H32F2N4. The Kier molecular flexibility index (Phi) is 7.91. The van der Waals surface area contributed by atoms with Crippen LogP contribution in [0.25, 0.3) is 5.57 Å². The summed E-state index contributed by atoms with van der Waals surface area (Å²) in [4.78, 5) is 11.4. The van der Waals surface area contributed by atoms with Crippen molar-refractivity contribution in [2.45, 2.75) is 46.5 Å². The second-order valence-electron chi connectivity index (χ2n) is 7.94. The normalized spacial score (nSPS) is 16.8. The van der Waals surface area contributed by atoms with Crippen LogP contribution in [0.1, 0.15) is 49.9 Å². The van der Waals surface area contributed by atoms with Gasteiger partial charge in [-0.1, -0.05) is 19.4 Å². The molecule has 1 aliphatic carbocycles. The van der Waals surface area contributed by atoms with E-state index in [9.17, 15) is 8.78 Å². The third-order valence-corrected chi connectivity index (χ3v) is 5.51. The number of piperazine rings is 1. The molecule has 0 amide bonds. The fourth-order valence-electron chi connectivity index (χ4n) is 3.94. The molecule has 2 aromatic rings. The average molecular weight is 415 g/mol. The standard InChI is InChI=1S/C15H22N4.C9H10F2/c1-3-13(12-4-5-12)14-11(2)17-10-18-15(14)19-8-6-16-7-9-19;1-2-3-7-4-8(10)6-9(11)5-7/h3,10,12,16H,4-9H2,1-2H3;4-6H,2-3H2,1H3/b13-3-;. The molecule has 6 heteroatoms. The van der Waals surface area contributed by atoms with E-state index in [4.69, 9.17) is 0 Å². The Morgan fingerprint density at radius 3 is 2.37 bits per heavy atom. The molecule has 0 bridgehead atoms. The molecule has 1 N–H and O–H groups in total. The molecule has 2 fully saturated rings. The Hall–Kier alpha value is -2.34. The number of hydrogen-bond donors (Lipinski definition) is 1. The summed E-state index contributed by atoms with van der Waals surface area (Å²) >= 11 is 0. The van der Waals surface area contributed by atoms with Crippen LogP contribution in [-0.2, 0) is 6.42 Å². The number of aryl methyl sites for hydroxylation is 2. The van der Waals surface area contributed by atoms with E-state index >= 15 is 0 Å². The summed E-state index contributed by atoms with van der Waals surface area (Å²) in [6, 6.07) is 3.62. The number of nitrogens with zero attached hydrogens (tertiary/aromatic N) is 3. The van der Waals surface area contributed by atoms with E-state index in [1.54, 1.807) is 6.33 Å². The second kappa shape index (κ2) is 10.6. The first kappa shape index (κ1) is 22.3. The van der Waals surface area contributed by atoms with Crippen molar-refractivity contribution >= 4 is 11.4 Å². The Bertz CT molecular complexity index is 851. The minimum Gasteiger partial charge on any atom is -0.353 e. The quantitative estimate of drug-likeness (QED) is 0.754. The van der Waals surface area contributed by atoms with Crippen molar-refractivity contribution in [2.24, 2.45) is 5.92 Å². The predicted octanol–water partition coefficient (Wildman–Crippen LogP) is 4.93. The first-order valence-electron chi connectivity index (χ1n) is 10.9. The maximum absolute atomic E-state index is 12.5. The largest absolute Gasteiger partial charge is 0.353 e. The molecule has 1 saturated heterocycles. The van der Waals surface area contributed by atoms with Gasteiger partial charge in [0.05, 0.1) is 5.69 Å². The van der Waals surface area contributed by atoms with Crippen molar-refractivity contribution < 1.29 is 8.78 Å². The summed E-state index contributed by atoms with van der Waals surface area (Å²) in [6.45, 7) is 10.4. The zero-order chi connectivity index (χ0) is 21.5. The second-order valence-corrected chi connectivity index (χ2v) is 7.94. The molecule has 1 saturated carbocycles. The minimum absolute atomic E-state index is 0.492. The lowest BCUT2D eigenvalue weighted by molar-refractivity contribution is 0.579. The van der Waals surface area contributed by atoms with Gasteiger partial charge in [0.1, 0.15) is 23.8 Å². The molecule has 1 aromatic heterocycles. The van der Waals surface area contributed by atoms with Gasteiger partial charge in [-0.15, -0.1) is 0 Å². The molecule has 1 aliphatic heterocycles. The van der Waals surface area contributed by atoms with Gasteiger partial charge in [0.15, 0.2) is 0 Å². The van der Waals surface area contributed by atoms with Crippen molar-refractivity contribution in [3.05, 3.63) is 59.1 Å². The van der Waals surface area contributed by atoms with Crippen LogP contribution in [0, 0.1) is 24.5 Å². The average Bonchev–Trinajstić information content (AvgIpc) is 3.56. The maximum Gasteiger partial charge on any atom is 0.139 e. The van der Waals surface area contributed by atoms with E-state index in [1.807, 2.05) is 6.92 Å². The van der Waals surface area contributed by atoms with Gasteiger partial charge in [0.2, 0.25) is 0 Å². The van der Waals surface area contributed by atoms with Gasteiger partial charge < -0.3 is 10.2 Å². The first-order valence-corrected chi connectivity index (χ1v) is 10.9. The highest BCUT2D eigenvalue weighted by Crippen LogP contribution is 2.44. The molecule has 162 valence electrons. The van der Waals surface area contributed by atoms with Gasteiger partial charge in [-0.2, -0.15) is 0 Å². The number of anilines is 1. The van der Waals surface area contributed by atoms with Crippen molar-refractivity contribution in [3.8, 4) is 0 Å². The fourth-order valence-corrected chi connectivity index (χ4v) is 3.94. The highest BCUT2D eigenvalue weighted by atomic mass is 19.1. The van der Waals surface area contributed by atoms with E-state index < -0.39 is 11.6 Å². The SMILES string of the molecule is C/C=C(\c1c(C)ncnc1N1CCNCC1)C1CC1.CCCc1cc(F)cc(F)c1. The summed E-state index contributed by atoms with van der Waals surface area (Å²) in [5, 5.41) is 3.40. The smallest absolute Gasteiger partial charge is 0.139 e. The van der Waals surface area contributed by atoms with Crippen molar-refractivity contribution in [1.29, 1.82) is 0 Å². The molecule has 2 heterocycles. The Morgan fingerprint density at radius 2 is 1.80 bits per heavy atom. The fraction of sp³-hybridized carbons (Fsp3) is 0.500. The van der Waals surface area contributed by atoms with Gasteiger partial charge in [-0.3, -0.25) is 0 Å². The van der Waals surface area contributed by atoms with Crippen LogP contribution in [-0.4, -0.2) is 36.1 Å². The van der Waals surface area contributed by atoms with Crippen LogP contribution in [0.2, 0.25) is 0 Å². The van der Waals surface area contributed by atoms with Gasteiger partial charge >= 0.3 is 0 Å². The number of halogens is 2. The Morgan fingerprint density at radius 1 is 1.13 bits per heavy atom. The molecule has 4 nitrogen and oxygen atoms in total. The molecular weight excluding hydrogens is 382 g/mol. The molecule has 30 heavy (non-hydrogen) atoms. The predicted molar refractivity (Wildman–Crippen MR) is 119 cm³/mol. The van der Waals surface area contributed by atoms with Gasteiger partial charge in [-0.05, 0) is 62.3 Å². The van der Waals surface area contributed by atoms with Crippen LogP contribution >= 0.6 is 0 Å². The lowest BCUT2D eigenvalue weighted by Gasteiger charge is -2.30. The molecule has 4 rings (SSSR count). The molecule has 0 unspecified atom stereocenters. The number of benzene rings is 1. The molecule has 1 aromatic carbocycles. The first-order chi connectivity index (χ1) is 14.5. The molecule has 0 atom stereocenters. The van der Waals surface area contributed by atoms with Crippen LogP contribution in [0.15, 0.2) is 30.6 Å². The lowest BCUT2D eigenvalue weighted by Crippen LogP contribution is -2.44. The van der Waals surface area contributed by atoms with Crippen LogP contribution in [0.3, 0.4) is 0 Å². The zero-order valence-electron chi connectivity index (χ0n) is 18.2. The van der Waals surface area contributed by atoms with E-state index in [2.05, 4.69) is 40.1 Å². The monoisotopic (exact) mass is 414 g/mol. The summed E-state index contributed by atoms with van der Waals surface area (Å²) in [7, 11) is 0. The zero-order valence-corrected chi connectivity index (χ0v) is 18.2. The Balaban J connectivity index is 0.000000199. The summed E-state index contributed by atoms with van der Waals surface area (Å²) in [5.74, 6) is 0.882. The number of hydrogen-bond acceptors (Lipinski definition) is 4. The maximum atomic E-state index is 12.5. The topological polar surface area (TPSA) is 41.1 Å². The van der Waals surface area contributed by atoms with Crippen LogP contribution in [0.5, 0.6) is 0 Å². The number of aromatic nitrogens is 2. The molecule has 0 radical (unpaired) electrons. The van der Waals surface area contributed by atoms with E-state index in [-0.39, 0.29) is 0 Å². The molecule has 2 aliphatic rings. The third-order valence-electron chi connectivity index (χ3n) is 5.51.